The van der Waals surface area contributed by atoms with E-state index in [-0.39, 0.29) is 34.1 Å². The molecule has 0 saturated heterocycles. The first kappa shape index (κ1) is 14.1. The van der Waals surface area contributed by atoms with Gasteiger partial charge in [0.15, 0.2) is 5.78 Å². The van der Waals surface area contributed by atoms with Crippen molar-refractivity contribution >= 4 is 17.3 Å². The zero-order valence-corrected chi connectivity index (χ0v) is 12.1. The van der Waals surface area contributed by atoms with Gasteiger partial charge in [-0.15, -0.1) is 0 Å². The molecule has 0 heterocycles. The van der Waals surface area contributed by atoms with E-state index in [1.807, 2.05) is 13.8 Å². The first-order valence-electron chi connectivity index (χ1n) is 6.93. The second-order valence-electron chi connectivity index (χ2n) is 5.54. The second kappa shape index (κ2) is 4.87. The molecule has 0 bridgehead atoms. The van der Waals surface area contributed by atoms with Crippen LogP contribution in [0.4, 0.5) is 5.69 Å². The van der Waals surface area contributed by atoms with Crippen molar-refractivity contribution in [2.45, 2.75) is 19.8 Å². The van der Waals surface area contributed by atoms with E-state index < -0.39 is 10.7 Å². The molecule has 0 atom stereocenters. The van der Waals surface area contributed by atoms with Gasteiger partial charge in [-0.05, 0) is 12.0 Å². The highest BCUT2D eigenvalue weighted by molar-refractivity contribution is 6.29. The normalized spacial score (nSPS) is 13.0. The molecule has 0 aromatic heterocycles. The van der Waals surface area contributed by atoms with Crippen LogP contribution in [-0.2, 0) is 0 Å². The molecular weight excluding hydrogens is 282 g/mol. The van der Waals surface area contributed by atoms with Gasteiger partial charge in [-0.2, -0.15) is 0 Å². The third kappa shape index (κ3) is 1.86. The van der Waals surface area contributed by atoms with Crippen molar-refractivity contribution in [3.8, 4) is 0 Å². The predicted molar refractivity (Wildman–Crippen MR) is 80.5 cm³/mol. The predicted octanol–water partition coefficient (Wildman–Crippen LogP) is 3.49. The van der Waals surface area contributed by atoms with E-state index in [9.17, 15) is 19.7 Å². The zero-order chi connectivity index (χ0) is 16.0. The molecule has 0 saturated carbocycles. The molecule has 2 aromatic rings. The third-order valence-electron chi connectivity index (χ3n) is 3.90. The summed E-state index contributed by atoms with van der Waals surface area (Å²) in [5.74, 6) is -0.922. The SMILES string of the molecule is CC(C)c1ccc2c(c1[N+](=O)[O-])C(=O)c1ccccc1C2=O. The molecule has 0 amide bonds. The van der Waals surface area contributed by atoms with E-state index >= 15 is 0 Å². The number of benzene rings is 2. The Kier molecular flexibility index (Phi) is 3.13. The first-order chi connectivity index (χ1) is 10.4. The van der Waals surface area contributed by atoms with Crippen LogP contribution >= 0.6 is 0 Å². The van der Waals surface area contributed by atoms with Crippen LogP contribution in [0.2, 0.25) is 0 Å². The summed E-state index contributed by atoms with van der Waals surface area (Å²) in [6.45, 7) is 3.63. The van der Waals surface area contributed by atoms with Crippen LogP contribution in [0, 0.1) is 10.1 Å². The quantitative estimate of drug-likeness (QED) is 0.535. The van der Waals surface area contributed by atoms with E-state index in [0.29, 0.717) is 11.1 Å². The number of hydrogen-bond acceptors (Lipinski definition) is 4. The summed E-state index contributed by atoms with van der Waals surface area (Å²) < 4.78 is 0. The molecule has 0 N–H and O–H groups in total. The Balaban J connectivity index is 2.38. The molecule has 0 fully saturated rings. The maximum atomic E-state index is 12.7. The molecule has 2 aromatic carbocycles. The number of ketones is 2. The van der Waals surface area contributed by atoms with Crippen molar-refractivity contribution in [2.24, 2.45) is 0 Å². The van der Waals surface area contributed by atoms with Gasteiger partial charge >= 0.3 is 0 Å². The summed E-state index contributed by atoms with van der Waals surface area (Å²) in [7, 11) is 0. The summed E-state index contributed by atoms with van der Waals surface area (Å²) in [6, 6.07) is 9.51. The van der Waals surface area contributed by atoms with Crippen molar-refractivity contribution in [3.05, 3.63) is 74.3 Å². The van der Waals surface area contributed by atoms with Gasteiger partial charge in [0, 0.05) is 22.3 Å². The second-order valence-corrected chi connectivity index (χ2v) is 5.54. The van der Waals surface area contributed by atoms with Gasteiger partial charge < -0.3 is 0 Å². The Morgan fingerprint density at radius 2 is 1.50 bits per heavy atom. The molecule has 0 radical (unpaired) electrons. The number of carbonyl (C=O) groups is 2. The highest BCUT2D eigenvalue weighted by atomic mass is 16.6. The largest absolute Gasteiger partial charge is 0.289 e. The molecule has 5 heteroatoms. The minimum Gasteiger partial charge on any atom is -0.289 e. The van der Waals surface area contributed by atoms with Crippen LogP contribution < -0.4 is 0 Å². The lowest BCUT2D eigenvalue weighted by Gasteiger charge is -2.19. The average Bonchev–Trinajstić information content (AvgIpc) is 2.51. The van der Waals surface area contributed by atoms with Crippen LogP contribution in [0.5, 0.6) is 0 Å². The van der Waals surface area contributed by atoms with E-state index in [4.69, 9.17) is 0 Å². The van der Waals surface area contributed by atoms with Crippen molar-refractivity contribution < 1.29 is 14.5 Å². The van der Waals surface area contributed by atoms with Gasteiger partial charge in [-0.1, -0.05) is 44.2 Å². The summed E-state index contributed by atoms with van der Waals surface area (Å²) in [4.78, 5) is 36.2. The number of hydrogen-bond donors (Lipinski definition) is 0. The van der Waals surface area contributed by atoms with Gasteiger partial charge in [0.25, 0.3) is 5.69 Å². The Labute approximate surface area is 126 Å². The molecule has 1 aliphatic rings. The van der Waals surface area contributed by atoms with E-state index in [1.54, 1.807) is 24.3 Å². The van der Waals surface area contributed by atoms with Crippen molar-refractivity contribution in [2.75, 3.05) is 0 Å². The topological polar surface area (TPSA) is 77.3 Å². The Bertz CT molecular complexity index is 837. The smallest absolute Gasteiger partial charge is 0.284 e. The lowest BCUT2D eigenvalue weighted by Crippen LogP contribution is -2.23. The van der Waals surface area contributed by atoms with Gasteiger partial charge in [0.2, 0.25) is 5.78 Å². The molecule has 1 aliphatic carbocycles. The van der Waals surface area contributed by atoms with Crippen LogP contribution in [0.3, 0.4) is 0 Å². The van der Waals surface area contributed by atoms with Gasteiger partial charge in [0.1, 0.15) is 5.56 Å². The van der Waals surface area contributed by atoms with Gasteiger partial charge in [0.05, 0.1) is 4.92 Å². The Morgan fingerprint density at radius 1 is 0.909 bits per heavy atom. The molecule has 0 unspecified atom stereocenters. The molecule has 3 rings (SSSR count). The van der Waals surface area contributed by atoms with Gasteiger partial charge in [-0.3, -0.25) is 19.7 Å². The van der Waals surface area contributed by atoms with Crippen LogP contribution in [0.25, 0.3) is 0 Å². The maximum absolute atomic E-state index is 12.7. The standard InChI is InChI=1S/C17H13NO4/c1-9(2)10-7-8-13-14(15(10)18(21)22)17(20)12-6-4-3-5-11(12)16(13)19/h3-9H,1-2H3. The average molecular weight is 295 g/mol. The number of fused-ring (bicyclic) bond motifs is 2. The highest BCUT2D eigenvalue weighted by Crippen LogP contribution is 2.37. The molecule has 0 aliphatic heterocycles. The van der Waals surface area contributed by atoms with Crippen molar-refractivity contribution in [3.63, 3.8) is 0 Å². The number of nitrogens with zero attached hydrogens (tertiary/aromatic N) is 1. The minimum absolute atomic E-state index is 0.0834. The van der Waals surface area contributed by atoms with Crippen molar-refractivity contribution in [1.82, 2.24) is 0 Å². The molecule has 22 heavy (non-hydrogen) atoms. The molecule has 5 nitrogen and oxygen atoms in total. The molecular formula is C17H13NO4. The van der Waals surface area contributed by atoms with Crippen molar-refractivity contribution in [1.29, 1.82) is 0 Å². The molecule has 0 spiro atoms. The summed E-state index contributed by atoms with van der Waals surface area (Å²) >= 11 is 0. The van der Waals surface area contributed by atoms with Crippen LogP contribution in [0.15, 0.2) is 36.4 Å². The maximum Gasteiger partial charge on any atom is 0.284 e. The number of rotatable bonds is 2. The van der Waals surface area contributed by atoms with Crippen LogP contribution in [0.1, 0.15) is 57.2 Å². The number of nitro groups is 1. The lowest BCUT2D eigenvalue weighted by molar-refractivity contribution is -0.385. The van der Waals surface area contributed by atoms with Gasteiger partial charge in [-0.25, -0.2) is 0 Å². The third-order valence-corrected chi connectivity index (χ3v) is 3.90. The number of nitro benzene ring substituents is 1. The Morgan fingerprint density at radius 3 is 2.05 bits per heavy atom. The van der Waals surface area contributed by atoms with E-state index in [1.165, 1.54) is 12.1 Å². The monoisotopic (exact) mass is 295 g/mol. The summed E-state index contributed by atoms with van der Waals surface area (Å²) in [5.41, 5.74) is 0.764. The fourth-order valence-corrected chi connectivity index (χ4v) is 2.85. The Hall–Kier alpha value is -2.82. The fraction of sp³-hybridized carbons (Fsp3) is 0.176. The minimum atomic E-state index is -0.562. The van der Waals surface area contributed by atoms with E-state index in [0.717, 1.165) is 0 Å². The number of carbonyl (C=O) groups excluding carboxylic acids is 2. The van der Waals surface area contributed by atoms with E-state index in [2.05, 4.69) is 0 Å². The molecule has 110 valence electrons. The first-order valence-corrected chi connectivity index (χ1v) is 6.93. The fourth-order valence-electron chi connectivity index (χ4n) is 2.85. The zero-order valence-electron chi connectivity index (χ0n) is 12.1. The highest BCUT2D eigenvalue weighted by Gasteiger charge is 2.37. The summed E-state index contributed by atoms with van der Waals surface area (Å²) in [6.07, 6.45) is 0. The van der Waals surface area contributed by atoms with Crippen LogP contribution in [-0.4, -0.2) is 16.5 Å². The lowest BCUT2D eigenvalue weighted by atomic mass is 9.81. The summed E-state index contributed by atoms with van der Waals surface area (Å²) in [5, 5.41) is 11.5.